The average Bonchev–Trinajstić information content (AvgIpc) is 2.78. The van der Waals surface area contributed by atoms with Crippen LogP contribution in [0.3, 0.4) is 0 Å². The minimum absolute atomic E-state index is 0.0584. The number of aromatic hydroxyl groups is 1. The monoisotopic (exact) mass is 534 g/mol. The van der Waals surface area contributed by atoms with E-state index in [0.29, 0.717) is 29.1 Å². The molecule has 0 aliphatic rings. The highest BCUT2D eigenvalue weighted by atomic mass is 79.9. The number of sulfone groups is 1. The van der Waals surface area contributed by atoms with E-state index in [1.54, 1.807) is 12.1 Å². The van der Waals surface area contributed by atoms with Crippen LogP contribution in [-0.4, -0.2) is 30.2 Å². The molecule has 0 radical (unpaired) electrons. The van der Waals surface area contributed by atoms with E-state index in [1.807, 2.05) is 44.2 Å². The molecule has 7 nitrogen and oxygen atoms in total. The van der Waals surface area contributed by atoms with Crippen molar-refractivity contribution in [1.29, 1.82) is 0 Å². The van der Waals surface area contributed by atoms with Crippen LogP contribution in [0, 0.1) is 5.92 Å². The Labute approximate surface area is 202 Å². The van der Waals surface area contributed by atoms with E-state index >= 15 is 0 Å². The van der Waals surface area contributed by atoms with Crippen LogP contribution in [0.15, 0.2) is 73.7 Å². The second-order valence-corrected chi connectivity index (χ2v) is 10.9. The van der Waals surface area contributed by atoms with Crippen molar-refractivity contribution in [2.75, 3.05) is 7.11 Å². The summed E-state index contributed by atoms with van der Waals surface area (Å²) in [6, 6.07) is 15.2. The SMILES string of the molecule is CO[C@@H](Cn1c(CCC(C)C)nc(O)c(S(=O)(=O)c2ccc(Br)cc2)c1=O)c1ccccc1. The summed E-state index contributed by atoms with van der Waals surface area (Å²) >= 11 is 3.27. The number of methoxy groups -OCH3 is 1. The van der Waals surface area contributed by atoms with Gasteiger partial charge in [-0.2, -0.15) is 4.98 Å². The van der Waals surface area contributed by atoms with Crippen molar-refractivity contribution in [3.05, 3.63) is 80.8 Å². The second kappa shape index (κ2) is 10.6. The maximum Gasteiger partial charge on any atom is 0.276 e. The van der Waals surface area contributed by atoms with Crippen molar-refractivity contribution >= 4 is 25.8 Å². The normalized spacial score (nSPS) is 12.8. The van der Waals surface area contributed by atoms with Gasteiger partial charge in [0, 0.05) is 18.0 Å². The third-order valence-corrected chi connectivity index (χ3v) is 7.65. The highest BCUT2D eigenvalue weighted by Crippen LogP contribution is 2.27. The molecular formula is C24H27BrN2O5S. The molecule has 1 N–H and O–H groups in total. The van der Waals surface area contributed by atoms with Gasteiger partial charge in [-0.3, -0.25) is 9.36 Å². The van der Waals surface area contributed by atoms with E-state index in [4.69, 9.17) is 4.74 Å². The zero-order valence-electron chi connectivity index (χ0n) is 18.7. The van der Waals surface area contributed by atoms with Crippen molar-refractivity contribution in [2.45, 2.75) is 49.1 Å². The smallest absolute Gasteiger partial charge is 0.276 e. The van der Waals surface area contributed by atoms with Crippen LogP contribution in [0.2, 0.25) is 0 Å². The number of aromatic nitrogens is 2. The van der Waals surface area contributed by atoms with Gasteiger partial charge in [-0.05, 0) is 42.2 Å². The molecule has 33 heavy (non-hydrogen) atoms. The summed E-state index contributed by atoms with van der Waals surface area (Å²) in [6.07, 6.45) is 0.620. The summed E-state index contributed by atoms with van der Waals surface area (Å²) in [5, 5.41) is 10.6. The topological polar surface area (TPSA) is 98.5 Å². The lowest BCUT2D eigenvalue weighted by molar-refractivity contribution is 0.0852. The second-order valence-electron chi connectivity index (χ2n) is 8.12. The van der Waals surface area contributed by atoms with E-state index in [2.05, 4.69) is 20.9 Å². The first kappa shape index (κ1) is 25.1. The lowest BCUT2D eigenvalue weighted by Crippen LogP contribution is -2.32. The molecule has 0 aliphatic heterocycles. The molecule has 2 aromatic carbocycles. The Morgan fingerprint density at radius 1 is 1.09 bits per heavy atom. The number of nitrogens with zero attached hydrogens (tertiary/aromatic N) is 2. The summed E-state index contributed by atoms with van der Waals surface area (Å²) < 4.78 is 34.2. The first-order valence-electron chi connectivity index (χ1n) is 10.6. The maximum atomic E-state index is 13.5. The van der Waals surface area contributed by atoms with Gasteiger partial charge in [0.05, 0.1) is 11.4 Å². The molecule has 3 rings (SSSR count). The summed E-state index contributed by atoms with van der Waals surface area (Å²) in [5.74, 6) is -0.137. The molecule has 0 aliphatic carbocycles. The van der Waals surface area contributed by atoms with Gasteiger partial charge < -0.3 is 9.84 Å². The number of rotatable bonds is 9. The molecule has 0 spiro atoms. The predicted octanol–water partition coefficient (Wildman–Crippen LogP) is 4.52. The highest BCUT2D eigenvalue weighted by molar-refractivity contribution is 9.10. The molecule has 0 unspecified atom stereocenters. The fourth-order valence-corrected chi connectivity index (χ4v) is 5.10. The predicted molar refractivity (Wildman–Crippen MR) is 129 cm³/mol. The van der Waals surface area contributed by atoms with E-state index in [0.717, 1.165) is 5.56 Å². The summed E-state index contributed by atoms with van der Waals surface area (Å²) in [7, 11) is -2.77. The lowest BCUT2D eigenvalue weighted by atomic mass is 10.1. The Kier molecular flexibility index (Phi) is 8.10. The third kappa shape index (κ3) is 5.72. The Bertz CT molecular complexity index is 1260. The van der Waals surface area contributed by atoms with Gasteiger partial charge in [0.15, 0.2) is 4.90 Å². The fraction of sp³-hybridized carbons (Fsp3) is 0.333. The molecule has 0 saturated carbocycles. The minimum atomic E-state index is -4.30. The number of benzene rings is 2. The Morgan fingerprint density at radius 3 is 2.30 bits per heavy atom. The molecule has 1 heterocycles. The minimum Gasteiger partial charge on any atom is -0.492 e. The quantitative estimate of drug-likeness (QED) is 0.433. The van der Waals surface area contributed by atoms with Gasteiger partial charge >= 0.3 is 0 Å². The van der Waals surface area contributed by atoms with Crippen LogP contribution in [0.5, 0.6) is 5.88 Å². The Hall–Kier alpha value is -2.49. The number of aryl methyl sites for hydroxylation is 1. The standard InChI is InChI=1S/C24H27BrN2O5S/c1-16(2)9-14-21-26-23(28)22(33(30,31)19-12-10-18(25)11-13-19)24(29)27(21)15-20(32-3)17-7-5-4-6-8-17/h4-8,10-13,16,20,28H,9,14-15H2,1-3H3/t20-/m0/s1. The van der Waals surface area contributed by atoms with Crippen LogP contribution in [0.25, 0.3) is 0 Å². The summed E-state index contributed by atoms with van der Waals surface area (Å²) in [6.45, 7) is 4.14. The molecule has 0 amide bonds. The van der Waals surface area contributed by atoms with E-state index in [1.165, 1.54) is 23.8 Å². The molecule has 0 saturated heterocycles. The lowest BCUT2D eigenvalue weighted by Gasteiger charge is -2.21. The highest BCUT2D eigenvalue weighted by Gasteiger charge is 2.30. The molecular weight excluding hydrogens is 508 g/mol. The Balaban J connectivity index is 2.17. The molecule has 0 fully saturated rings. The van der Waals surface area contributed by atoms with Crippen LogP contribution < -0.4 is 5.56 Å². The van der Waals surface area contributed by atoms with Gasteiger partial charge in [-0.25, -0.2) is 8.42 Å². The average molecular weight is 535 g/mol. The van der Waals surface area contributed by atoms with E-state index < -0.39 is 32.3 Å². The zero-order chi connectivity index (χ0) is 24.2. The number of ether oxygens (including phenoxy) is 1. The summed E-state index contributed by atoms with van der Waals surface area (Å²) in [5.41, 5.74) is 0.0225. The van der Waals surface area contributed by atoms with E-state index in [9.17, 15) is 18.3 Å². The largest absolute Gasteiger partial charge is 0.492 e. The van der Waals surface area contributed by atoms with Crippen LogP contribution in [0.4, 0.5) is 0 Å². The number of hydrogen-bond acceptors (Lipinski definition) is 6. The number of halogens is 1. The summed E-state index contributed by atoms with van der Waals surface area (Å²) in [4.78, 5) is 16.9. The zero-order valence-corrected chi connectivity index (χ0v) is 21.1. The molecule has 1 atom stereocenters. The Morgan fingerprint density at radius 2 is 1.73 bits per heavy atom. The molecule has 176 valence electrons. The van der Waals surface area contributed by atoms with Crippen molar-refractivity contribution in [3.63, 3.8) is 0 Å². The van der Waals surface area contributed by atoms with E-state index in [-0.39, 0.29) is 11.4 Å². The third-order valence-electron chi connectivity index (χ3n) is 5.33. The van der Waals surface area contributed by atoms with Gasteiger partial charge in [-0.15, -0.1) is 0 Å². The van der Waals surface area contributed by atoms with Crippen molar-refractivity contribution in [1.82, 2.24) is 9.55 Å². The van der Waals surface area contributed by atoms with Gasteiger partial charge in [-0.1, -0.05) is 60.1 Å². The van der Waals surface area contributed by atoms with Crippen LogP contribution in [0.1, 0.15) is 37.8 Å². The molecule has 3 aromatic rings. The van der Waals surface area contributed by atoms with Crippen LogP contribution >= 0.6 is 15.9 Å². The number of hydrogen-bond donors (Lipinski definition) is 1. The van der Waals surface area contributed by atoms with Crippen molar-refractivity contribution in [3.8, 4) is 5.88 Å². The van der Waals surface area contributed by atoms with Crippen LogP contribution in [-0.2, 0) is 27.5 Å². The molecule has 9 heteroatoms. The molecule has 1 aromatic heterocycles. The maximum absolute atomic E-state index is 13.5. The first-order chi connectivity index (χ1) is 15.6. The fourth-order valence-electron chi connectivity index (χ4n) is 3.48. The first-order valence-corrected chi connectivity index (χ1v) is 12.8. The van der Waals surface area contributed by atoms with Gasteiger partial charge in [0.2, 0.25) is 15.7 Å². The van der Waals surface area contributed by atoms with Crippen molar-refractivity contribution in [2.24, 2.45) is 5.92 Å². The van der Waals surface area contributed by atoms with Crippen molar-refractivity contribution < 1.29 is 18.3 Å². The van der Waals surface area contributed by atoms with Gasteiger partial charge in [0.1, 0.15) is 11.9 Å². The van der Waals surface area contributed by atoms with Gasteiger partial charge in [0.25, 0.3) is 5.56 Å². The molecule has 0 bridgehead atoms.